The van der Waals surface area contributed by atoms with E-state index in [-0.39, 0.29) is 10.9 Å². The number of rotatable bonds is 3. The number of amides is 1. The van der Waals surface area contributed by atoms with Gasteiger partial charge in [0, 0.05) is 17.8 Å². The molecule has 0 atom stereocenters. The molecule has 1 amide bonds. The lowest BCUT2D eigenvalue weighted by atomic mass is 10.2. The van der Waals surface area contributed by atoms with Crippen LogP contribution in [-0.2, 0) is 0 Å². The number of aryl methyl sites for hydroxylation is 1. The standard InChI is InChI=1S/C15H13ClFN3O/c1-8-11(7-18-14(19-8)9-2-3-9)15(21)20-10-4-5-13(17)12(16)6-10/h4-7,9H,2-3H2,1H3,(H,20,21). The number of nitrogens with zero attached hydrogens (tertiary/aromatic N) is 2. The van der Waals surface area contributed by atoms with Gasteiger partial charge < -0.3 is 5.32 Å². The molecule has 0 aliphatic heterocycles. The van der Waals surface area contributed by atoms with Crippen LogP contribution < -0.4 is 5.32 Å². The molecule has 2 aromatic rings. The van der Waals surface area contributed by atoms with Gasteiger partial charge in [-0.25, -0.2) is 14.4 Å². The third kappa shape index (κ3) is 3.03. The molecule has 1 saturated carbocycles. The Kier molecular flexibility index (Phi) is 3.59. The van der Waals surface area contributed by atoms with E-state index in [0.29, 0.717) is 22.9 Å². The molecular formula is C15H13ClFN3O. The summed E-state index contributed by atoms with van der Waals surface area (Å²) in [7, 11) is 0. The third-order valence-electron chi connectivity index (χ3n) is 3.36. The Bertz CT molecular complexity index is 716. The van der Waals surface area contributed by atoms with Gasteiger partial charge in [0.1, 0.15) is 11.6 Å². The zero-order valence-electron chi connectivity index (χ0n) is 11.4. The SMILES string of the molecule is Cc1nc(C2CC2)ncc1C(=O)Nc1ccc(F)c(Cl)c1. The second-order valence-electron chi connectivity index (χ2n) is 5.08. The van der Waals surface area contributed by atoms with Crippen molar-refractivity contribution in [3.8, 4) is 0 Å². The molecule has 1 fully saturated rings. The van der Waals surface area contributed by atoms with Crippen LogP contribution in [0.2, 0.25) is 5.02 Å². The maximum absolute atomic E-state index is 13.1. The van der Waals surface area contributed by atoms with Gasteiger partial charge in [0.25, 0.3) is 5.91 Å². The molecule has 4 nitrogen and oxygen atoms in total. The summed E-state index contributed by atoms with van der Waals surface area (Å²) in [6.07, 6.45) is 3.76. The van der Waals surface area contributed by atoms with Crippen molar-refractivity contribution in [2.45, 2.75) is 25.7 Å². The van der Waals surface area contributed by atoms with Crippen molar-refractivity contribution in [1.29, 1.82) is 0 Å². The van der Waals surface area contributed by atoms with Gasteiger partial charge in [0.2, 0.25) is 0 Å². The molecule has 1 aromatic carbocycles. The maximum atomic E-state index is 13.1. The van der Waals surface area contributed by atoms with E-state index >= 15 is 0 Å². The number of hydrogen-bond donors (Lipinski definition) is 1. The number of anilines is 1. The van der Waals surface area contributed by atoms with Crippen LogP contribution >= 0.6 is 11.6 Å². The lowest BCUT2D eigenvalue weighted by molar-refractivity contribution is 0.102. The Morgan fingerprint density at radius 2 is 2.19 bits per heavy atom. The second-order valence-corrected chi connectivity index (χ2v) is 5.49. The van der Waals surface area contributed by atoms with E-state index in [4.69, 9.17) is 11.6 Å². The number of nitrogens with one attached hydrogen (secondary N) is 1. The highest BCUT2D eigenvalue weighted by molar-refractivity contribution is 6.31. The van der Waals surface area contributed by atoms with Crippen molar-refractivity contribution in [1.82, 2.24) is 9.97 Å². The summed E-state index contributed by atoms with van der Waals surface area (Å²) in [6.45, 7) is 1.78. The van der Waals surface area contributed by atoms with Crippen LogP contribution in [0.25, 0.3) is 0 Å². The molecule has 21 heavy (non-hydrogen) atoms. The minimum atomic E-state index is -0.525. The average molecular weight is 306 g/mol. The molecule has 0 bridgehead atoms. The topological polar surface area (TPSA) is 54.9 Å². The van der Waals surface area contributed by atoms with E-state index in [9.17, 15) is 9.18 Å². The molecule has 0 unspecified atom stereocenters. The van der Waals surface area contributed by atoms with Gasteiger partial charge in [-0.1, -0.05) is 11.6 Å². The van der Waals surface area contributed by atoms with Crippen molar-refractivity contribution in [2.75, 3.05) is 5.32 Å². The molecule has 1 aliphatic rings. The Morgan fingerprint density at radius 3 is 2.81 bits per heavy atom. The summed E-state index contributed by atoms with van der Waals surface area (Å²) in [5.41, 5.74) is 1.47. The van der Waals surface area contributed by atoms with Crippen LogP contribution in [0.15, 0.2) is 24.4 Å². The lowest BCUT2D eigenvalue weighted by Gasteiger charge is -2.08. The molecule has 1 aromatic heterocycles. The van der Waals surface area contributed by atoms with E-state index in [1.807, 2.05) is 0 Å². The van der Waals surface area contributed by atoms with Crippen molar-refractivity contribution in [2.24, 2.45) is 0 Å². The van der Waals surface area contributed by atoms with Crippen molar-refractivity contribution < 1.29 is 9.18 Å². The molecular weight excluding hydrogens is 293 g/mol. The molecule has 0 spiro atoms. The fourth-order valence-electron chi connectivity index (χ4n) is 2.02. The van der Waals surface area contributed by atoms with Gasteiger partial charge in [0.05, 0.1) is 16.3 Å². The molecule has 108 valence electrons. The van der Waals surface area contributed by atoms with E-state index in [1.54, 1.807) is 6.92 Å². The van der Waals surface area contributed by atoms with Gasteiger partial charge in [-0.05, 0) is 38.0 Å². The Hall–Kier alpha value is -2.01. The van der Waals surface area contributed by atoms with E-state index < -0.39 is 5.82 Å². The van der Waals surface area contributed by atoms with Gasteiger partial charge >= 0.3 is 0 Å². The largest absolute Gasteiger partial charge is 0.322 e. The number of halogens is 2. The predicted molar refractivity (Wildman–Crippen MR) is 78.1 cm³/mol. The third-order valence-corrected chi connectivity index (χ3v) is 3.65. The first-order valence-corrected chi connectivity index (χ1v) is 7.02. The van der Waals surface area contributed by atoms with Gasteiger partial charge in [-0.2, -0.15) is 0 Å². The summed E-state index contributed by atoms with van der Waals surface area (Å²) >= 11 is 5.69. The van der Waals surface area contributed by atoms with Crippen molar-refractivity contribution in [3.63, 3.8) is 0 Å². The first-order valence-electron chi connectivity index (χ1n) is 6.64. The fraction of sp³-hybridized carbons (Fsp3) is 0.267. The normalized spacial score (nSPS) is 14.0. The number of carbonyl (C=O) groups excluding carboxylic acids is 1. The minimum absolute atomic E-state index is 0.0372. The monoisotopic (exact) mass is 305 g/mol. The predicted octanol–water partition coefficient (Wildman–Crippen LogP) is 3.71. The fourth-order valence-corrected chi connectivity index (χ4v) is 2.20. The van der Waals surface area contributed by atoms with Crippen LogP contribution in [-0.4, -0.2) is 15.9 Å². The van der Waals surface area contributed by atoms with Crippen LogP contribution in [0.3, 0.4) is 0 Å². The van der Waals surface area contributed by atoms with Crippen LogP contribution in [0.1, 0.15) is 40.6 Å². The minimum Gasteiger partial charge on any atom is -0.322 e. The average Bonchev–Trinajstić information content (AvgIpc) is 3.27. The van der Waals surface area contributed by atoms with Crippen molar-refractivity contribution >= 4 is 23.2 Å². The highest BCUT2D eigenvalue weighted by Gasteiger charge is 2.27. The molecule has 1 N–H and O–H groups in total. The second kappa shape index (κ2) is 5.41. The number of carbonyl (C=O) groups is 1. The molecule has 1 heterocycles. The van der Waals surface area contributed by atoms with Gasteiger partial charge in [-0.15, -0.1) is 0 Å². The Morgan fingerprint density at radius 1 is 1.43 bits per heavy atom. The quantitative estimate of drug-likeness (QED) is 0.940. The van der Waals surface area contributed by atoms with Gasteiger partial charge in [0.15, 0.2) is 0 Å². The summed E-state index contributed by atoms with van der Waals surface area (Å²) < 4.78 is 13.1. The van der Waals surface area contributed by atoms with E-state index in [1.165, 1.54) is 24.4 Å². The van der Waals surface area contributed by atoms with E-state index in [0.717, 1.165) is 18.7 Å². The Balaban J connectivity index is 1.79. The highest BCUT2D eigenvalue weighted by atomic mass is 35.5. The summed E-state index contributed by atoms with van der Waals surface area (Å²) in [5, 5.41) is 2.62. The highest BCUT2D eigenvalue weighted by Crippen LogP contribution is 2.37. The number of hydrogen-bond acceptors (Lipinski definition) is 3. The molecule has 0 radical (unpaired) electrons. The summed E-state index contributed by atoms with van der Waals surface area (Å²) in [5.74, 6) is 0.381. The zero-order valence-corrected chi connectivity index (χ0v) is 12.1. The van der Waals surface area contributed by atoms with Crippen LogP contribution in [0.5, 0.6) is 0 Å². The molecule has 0 saturated heterocycles. The lowest BCUT2D eigenvalue weighted by Crippen LogP contribution is -2.15. The van der Waals surface area contributed by atoms with E-state index in [2.05, 4.69) is 15.3 Å². The maximum Gasteiger partial charge on any atom is 0.259 e. The van der Waals surface area contributed by atoms with Crippen LogP contribution in [0, 0.1) is 12.7 Å². The van der Waals surface area contributed by atoms with Crippen molar-refractivity contribution in [3.05, 3.63) is 52.3 Å². The first kappa shape index (κ1) is 13.9. The summed E-state index contributed by atoms with van der Waals surface area (Å²) in [6, 6.07) is 4.02. The smallest absolute Gasteiger partial charge is 0.259 e. The first-order chi connectivity index (χ1) is 10.0. The number of benzene rings is 1. The summed E-state index contributed by atoms with van der Waals surface area (Å²) in [4.78, 5) is 20.8. The zero-order chi connectivity index (χ0) is 15.0. The molecule has 3 rings (SSSR count). The molecule has 1 aliphatic carbocycles. The number of aromatic nitrogens is 2. The van der Waals surface area contributed by atoms with Crippen LogP contribution in [0.4, 0.5) is 10.1 Å². The Labute approximate surface area is 126 Å². The van der Waals surface area contributed by atoms with Gasteiger partial charge in [-0.3, -0.25) is 4.79 Å². The molecule has 6 heteroatoms.